The van der Waals surface area contributed by atoms with E-state index in [1.54, 1.807) is 0 Å². The van der Waals surface area contributed by atoms with Crippen LogP contribution < -0.4 is 0 Å². The first kappa shape index (κ1) is 12.8. The van der Waals surface area contributed by atoms with Crippen LogP contribution in [0.2, 0.25) is 0 Å². The minimum absolute atomic E-state index is 0.0572. The second-order valence-corrected chi connectivity index (χ2v) is 4.62. The predicted molar refractivity (Wildman–Crippen MR) is 67.1 cm³/mol. The van der Waals surface area contributed by atoms with Gasteiger partial charge in [-0.05, 0) is 12.0 Å². The summed E-state index contributed by atoms with van der Waals surface area (Å²) in [6.45, 7) is 1.45. The van der Waals surface area contributed by atoms with Gasteiger partial charge in [-0.3, -0.25) is 14.5 Å². The number of carbonyl (C=O) groups excluding carboxylic acids is 1. The highest BCUT2D eigenvalue weighted by atomic mass is 16.4. The van der Waals surface area contributed by atoms with Crippen LogP contribution in [-0.2, 0) is 16.1 Å². The lowest BCUT2D eigenvalue weighted by atomic mass is 10.1. The molecule has 4 nitrogen and oxygen atoms in total. The number of carbonyl (C=O) groups is 2. The third kappa shape index (κ3) is 3.17. The highest BCUT2D eigenvalue weighted by molar-refractivity contribution is 5.86. The standard InChI is InChI=1S/C14H17NO3/c16-13-8-9-15(12(13)6-7-14(17)18)10-11-4-2-1-3-5-11/h1-5,12H,6-10H2,(H,17,18). The summed E-state index contributed by atoms with van der Waals surface area (Å²) >= 11 is 0. The topological polar surface area (TPSA) is 57.6 Å². The molecule has 0 amide bonds. The molecule has 1 saturated heterocycles. The van der Waals surface area contributed by atoms with Crippen LogP contribution in [0, 0.1) is 0 Å². The molecule has 4 heteroatoms. The molecule has 0 aromatic heterocycles. The van der Waals surface area contributed by atoms with Crippen molar-refractivity contribution in [3.8, 4) is 0 Å². The van der Waals surface area contributed by atoms with Crippen LogP contribution in [0.4, 0.5) is 0 Å². The maximum Gasteiger partial charge on any atom is 0.303 e. The zero-order chi connectivity index (χ0) is 13.0. The fourth-order valence-electron chi connectivity index (χ4n) is 2.39. The molecule has 18 heavy (non-hydrogen) atoms. The van der Waals surface area contributed by atoms with Crippen molar-refractivity contribution in [2.45, 2.75) is 31.8 Å². The number of Topliss-reactive ketones (excluding diaryl/α,β-unsaturated/α-hetero) is 1. The van der Waals surface area contributed by atoms with Gasteiger partial charge in [-0.1, -0.05) is 30.3 Å². The Bertz CT molecular complexity index is 430. The number of hydrogen-bond donors (Lipinski definition) is 1. The largest absolute Gasteiger partial charge is 0.481 e. The molecular weight excluding hydrogens is 230 g/mol. The molecule has 1 N–H and O–H groups in total. The minimum Gasteiger partial charge on any atom is -0.481 e. The minimum atomic E-state index is -0.839. The first-order valence-corrected chi connectivity index (χ1v) is 6.19. The molecule has 0 spiro atoms. The van der Waals surface area contributed by atoms with Gasteiger partial charge in [0.05, 0.1) is 6.04 Å². The number of likely N-dealkylation sites (tertiary alicyclic amines) is 1. The van der Waals surface area contributed by atoms with Crippen LogP contribution >= 0.6 is 0 Å². The summed E-state index contributed by atoms with van der Waals surface area (Å²) in [5.41, 5.74) is 1.16. The van der Waals surface area contributed by atoms with Crippen molar-refractivity contribution >= 4 is 11.8 Å². The van der Waals surface area contributed by atoms with Crippen LogP contribution in [0.15, 0.2) is 30.3 Å². The molecule has 0 radical (unpaired) electrons. The van der Waals surface area contributed by atoms with Crippen molar-refractivity contribution in [2.24, 2.45) is 0 Å². The van der Waals surface area contributed by atoms with Gasteiger partial charge in [-0.2, -0.15) is 0 Å². The summed E-state index contributed by atoms with van der Waals surface area (Å²) in [6.07, 6.45) is 1.01. The van der Waals surface area contributed by atoms with Gasteiger partial charge in [0.1, 0.15) is 0 Å². The number of carboxylic acid groups (broad SMARTS) is 1. The van der Waals surface area contributed by atoms with E-state index in [0.717, 1.165) is 18.7 Å². The van der Waals surface area contributed by atoms with Gasteiger partial charge >= 0.3 is 5.97 Å². The molecule has 96 valence electrons. The summed E-state index contributed by atoms with van der Waals surface area (Å²) in [6, 6.07) is 9.73. The number of hydrogen-bond acceptors (Lipinski definition) is 3. The maximum atomic E-state index is 11.8. The number of nitrogens with zero attached hydrogens (tertiary/aromatic N) is 1. The highest BCUT2D eigenvalue weighted by Gasteiger charge is 2.32. The van der Waals surface area contributed by atoms with Gasteiger partial charge in [-0.25, -0.2) is 0 Å². The lowest BCUT2D eigenvalue weighted by molar-refractivity contribution is -0.137. The molecule has 1 aliphatic heterocycles. The van der Waals surface area contributed by atoms with Crippen LogP contribution in [0.25, 0.3) is 0 Å². The van der Waals surface area contributed by atoms with Crippen LogP contribution in [0.1, 0.15) is 24.8 Å². The summed E-state index contributed by atoms with van der Waals surface area (Å²) in [4.78, 5) is 24.4. The van der Waals surface area contributed by atoms with Gasteiger partial charge in [0.2, 0.25) is 0 Å². The fraction of sp³-hybridized carbons (Fsp3) is 0.429. The highest BCUT2D eigenvalue weighted by Crippen LogP contribution is 2.20. The third-order valence-corrected chi connectivity index (χ3v) is 3.32. The van der Waals surface area contributed by atoms with E-state index in [4.69, 9.17) is 5.11 Å². The molecule has 0 saturated carbocycles. The lowest BCUT2D eigenvalue weighted by Gasteiger charge is -2.22. The molecule has 1 aromatic rings. The zero-order valence-electron chi connectivity index (χ0n) is 10.2. The van der Waals surface area contributed by atoms with Crippen molar-refractivity contribution in [3.05, 3.63) is 35.9 Å². The molecule has 1 heterocycles. The van der Waals surface area contributed by atoms with Gasteiger partial charge in [0, 0.05) is 25.9 Å². The van der Waals surface area contributed by atoms with Crippen LogP contribution in [0.5, 0.6) is 0 Å². The Morgan fingerprint density at radius 2 is 2.06 bits per heavy atom. The fourth-order valence-corrected chi connectivity index (χ4v) is 2.39. The number of ketones is 1. The van der Waals surface area contributed by atoms with E-state index in [-0.39, 0.29) is 18.2 Å². The summed E-state index contributed by atoms with van der Waals surface area (Å²) in [5, 5.41) is 8.71. The van der Waals surface area contributed by atoms with Crippen LogP contribution in [-0.4, -0.2) is 34.3 Å². The molecule has 1 fully saturated rings. The van der Waals surface area contributed by atoms with Gasteiger partial charge in [-0.15, -0.1) is 0 Å². The van der Waals surface area contributed by atoms with E-state index >= 15 is 0 Å². The molecule has 0 aliphatic carbocycles. The smallest absolute Gasteiger partial charge is 0.303 e. The molecule has 1 aromatic carbocycles. The Labute approximate surface area is 106 Å². The second-order valence-electron chi connectivity index (χ2n) is 4.62. The predicted octanol–water partition coefficient (Wildman–Crippen LogP) is 1.69. The Balaban J connectivity index is 1.98. The Morgan fingerprint density at radius 1 is 1.33 bits per heavy atom. The summed E-state index contributed by atoms with van der Waals surface area (Å²) < 4.78 is 0. The van der Waals surface area contributed by atoms with E-state index in [0.29, 0.717) is 12.8 Å². The number of rotatable bonds is 5. The zero-order valence-corrected chi connectivity index (χ0v) is 10.2. The first-order chi connectivity index (χ1) is 8.66. The molecule has 1 aliphatic rings. The molecular formula is C14H17NO3. The third-order valence-electron chi connectivity index (χ3n) is 3.32. The van der Waals surface area contributed by atoms with Gasteiger partial charge in [0.25, 0.3) is 0 Å². The quantitative estimate of drug-likeness (QED) is 0.860. The Kier molecular flexibility index (Phi) is 4.10. The first-order valence-electron chi connectivity index (χ1n) is 6.19. The van der Waals surface area contributed by atoms with E-state index in [1.807, 2.05) is 30.3 Å². The van der Waals surface area contributed by atoms with E-state index in [9.17, 15) is 9.59 Å². The van der Waals surface area contributed by atoms with E-state index < -0.39 is 5.97 Å². The van der Waals surface area contributed by atoms with Crippen molar-refractivity contribution < 1.29 is 14.7 Å². The van der Waals surface area contributed by atoms with Crippen molar-refractivity contribution in [1.82, 2.24) is 4.90 Å². The van der Waals surface area contributed by atoms with Crippen LogP contribution in [0.3, 0.4) is 0 Å². The molecule has 0 bridgehead atoms. The summed E-state index contributed by atoms with van der Waals surface area (Å²) in [7, 11) is 0. The number of carboxylic acids is 1. The normalized spacial score (nSPS) is 20.2. The van der Waals surface area contributed by atoms with Crippen molar-refractivity contribution in [3.63, 3.8) is 0 Å². The summed E-state index contributed by atoms with van der Waals surface area (Å²) in [5.74, 6) is -0.665. The monoisotopic (exact) mass is 247 g/mol. The second kappa shape index (κ2) is 5.78. The lowest BCUT2D eigenvalue weighted by Crippen LogP contribution is -2.33. The van der Waals surface area contributed by atoms with E-state index in [2.05, 4.69) is 4.90 Å². The molecule has 1 atom stereocenters. The average molecular weight is 247 g/mol. The molecule has 1 unspecified atom stereocenters. The van der Waals surface area contributed by atoms with Crippen molar-refractivity contribution in [1.29, 1.82) is 0 Å². The van der Waals surface area contributed by atoms with Gasteiger partial charge in [0.15, 0.2) is 5.78 Å². The average Bonchev–Trinajstić information content (AvgIpc) is 2.69. The Hall–Kier alpha value is -1.68. The Morgan fingerprint density at radius 3 is 2.72 bits per heavy atom. The SMILES string of the molecule is O=C(O)CCC1C(=O)CCN1Cc1ccccc1. The van der Waals surface area contributed by atoms with Crippen molar-refractivity contribution in [2.75, 3.05) is 6.54 Å². The van der Waals surface area contributed by atoms with E-state index in [1.165, 1.54) is 0 Å². The maximum absolute atomic E-state index is 11.8. The van der Waals surface area contributed by atoms with Gasteiger partial charge < -0.3 is 5.11 Å². The number of benzene rings is 1. The number of aliphatic carboxylic acids is 1. The molecule has 2 rings (SSSR count).